The summed E-state index contributed by atoms with van der Waals surface area (Å²) in [5, 5.41) is 2.62. The SMILES string of the molecule is CC(NC(N)=O)C(C)(C)C. The van der Waals surface area contributed by atoms with Crippen LogP contribution in [0.5, 0.6) is 0 Å². The van der Waals surface area contributed by atoms with Crippen LogP contribution in [-0.4, -0.2) is 12.1 Å². The molecule has 0 bridgehead atoms. The highest BCUT2D eigenvalue weighted by Gasteiger charge is 2.20. The first-order chi connectivity index (χ1) is 4.34. The van der Waals surface area contributed by atoms with Crippen LogP contribution in [0, 0.1) is 5.41 Å². The minimum Gasteiger partial charge on any atom is -0.352 e. The van der Waals surface area contributed by atoms with Crippen molar-refractivity contribution >= 4 is 6.03 Å². The zero-order valence-corrected chi connectivity index (χ0v) is 7.06. The molecule has 0 spiro atoms. The number of amides is 2. The molecule has 1 atom stereocenters. The van der Waals surface area contributed by atoms with Gasteiger partial charge in [0.05, 0.1) is 0 Å². The first-order valence-corrected chi connectivity index (χ1v) is 3.40. The fourth-order valence-electron chi connectivity index (χ4n) is 0.430. The van der Waals surface area contributed by atoms with E-state index in [1.165, 1.54) is 0 Å². The molecule has 2 amide bonds. The summed E-state index contributed by atoms with van der Waals surface area (Å²) in [4.78, 5) is 10.4. The number of carbonyl (C=O) groups excluding carboxylic acids is 1. The highest BCUT2D eigenvalue weighted by Crippen LogP contribution is 2.17. The molecule has 0 aromatic rings. The number of primary amides is 1. The predicted octanol–water partition coefficient (Wildman–Crippen LogP) is 1.09. The lowest BCUT2D eigenvalue weighted by Crippen LogP contribution is -2.43. The normalized spacial score (nSPS) is 14.4. The lowest BCUT2D eigenvalue weighted by atomic mass is 9.88. The third-order valence-electron chi connectivity index (χ3n) is 1.66. The van der Waals surface area contributed by atoms with E-state index in [2.05, 4.69) is 5.32 Å². The molecule has 0 heterocycles. The summed E-state index contributed by atoms with van der Waals surface area (Å²) in [5.74, 6) is 0. The molecule has 0 fully saturated rings. The first kappa shape index (κ1) is 9.27. The Balaban J connectivity index is 3.85. The molecule has 0 aliphatic rings. The smallest absolute Gasteiger partial charge is 0.312 e. The van der Waals surface area contributed by atoms with Crippen LogP contribution in [0.25, 0.3) is 0 Å². The van der Waals surface area contributed by atoms with Crippen molar-refractivity contribution in [1.82, 2.24) is 5.32 Å². The number of nitrogens with two attached hydrogens (primary N) is 1. The van der Waals surface area contributed by atoms with Crippen molar-refractivity contribution in [3.05, 3.63) is 0 Å². The maximum atomic E-state index is 10.4. The third kappa shape index (κ3) is 3.33. The maximum absolute atomic E-state index is 10.4. The Hall–Kier alpha value is -0.730. The van der Waals surface area contributed by atoms with Crippen molar-refractivity contribution in [1.29, 1.82) is 0 Å². The molecule has 0 rings (SSSR count). The lowest BCUT2D eigenvalue weighted by Gasteiger charge is -2.27. The number of rotatable bonds is 1. The van der Waals surface area contributed by atoms with Gasteiger partial charge in [0.2, 0.25) is 0 Å². The van der Waals surface area contributed by atoms with Crippen LogP contribution < -0.4 is 11.1 Å². The number of nitrogens with one attached hydrogen (secondary N) is 1. The second-order valence-electron chi connectivity index (χ2n) is 3.60. The molecule has 1 unspecified atom stereocenters. The van der Waals surface area contributed by atoms with E-state index in [1.807, 2.05) is 27.7 Å². The zero-order chi connectivity index (χ0) is 8.36. The van der Waals surface area contributed by atoms with Crippen LogP contribution in [0.1, 0.15) is 27.7 Å². The van der Waals surface area contributed by atoms with Crippen molar-refractivity contribution in [2.24, 2.45) is 11.1 Å². The molecule has 0 aliphatic carbocycles. The summed E-state index contributed by atoms with van der Waals surface area (Å²) in [6.07, 6.45) is 0. The highest BCUT2D eigenvalue weighted by molar-refractivity contribution is 5.71. The zero-order valence-electron chi connectivity index (χ0n) is 7.06. The van der Waals surface area contributed by atoms with Gasteiger partial charge in [0.1, 0.15) is 0 Å². The van der Waals surface area contributed by atoms with E-state index in [-0.39, 0.29) is 11.5 Å². The number of carbonyl (C=O) groups is 1. The van der Waals surface area contributed by atoms with Crippen LogP contribution in [0.2, 0.25) is 0 Å². The Labute approximate surface area is 62.0 Å². The summed E-state index contributed by atoms with van der Waals surface area (Å²) < 4.78 is 0. The van der Waals surface area contributed by atoms with Gasteiger partial charge in [-0.1, -0.05) is 20.8 Å². The molecule has 0 saturated carbocycles. The summed E-state index contributed by atoms with van der Waals surface area (Å²) in [6.45, 7) is 8.08. The largest absolute Gasteiger partial charge is 0.352 e. The molecular weight excluding hydrogens is 128 g/mol. The van der Waals surface area contributed by atoms with Crippen LogP contribution in [0.3, 0.4) is 0 Å². The van der Waals surface area contributed by atoms with E-state index in [9.17, 15) is 4.79 Å². The van der Waals surface area contributed by atoms with Gasteiger partial charge in [-0.05, 0) is 12.3 Å². The van der Waals surface area contributed by atoms with E-state index < -0.39 is 6.03 Å². The van der Waals surface area contributed by atoms with E-state index in [4.69, 9.17) is 5.73 Å². The molecule has 3 nitrogen and oxygen atoms in total. The number of hydrogen-bond donors (Lipinski definition) is 2. The molecule has 10 heavy (non-hydrogen) atoms. The minimum absolute atomic E-state index is 0.0784. The van der Waals surface area contributed by atoms with Crippen LogP contribution in [0.4, 0.5) is 4.79 Å². The summed E-state index contributed by atoms with van der Waals surface area (Å²) in [5.41, 5.74) is 5.02. The Morgan fingerprint density at radius 1 is 1.50 bits per heavy atom. The van der Waals surface area contributed by atoms with Gasteiger partial charge >= 0.3 is 6.03 Å². The van der Waals surface area contributed by atoms with Crippen LogP contribution in [0.15, 0.2) is 0 Å². The van der Waals surface area contributed by atoms with Crippen LogP contribution >= 0.6 is 0 Å². The second-order valence-corrected chi connectivity index (χ2v) is 3.60. The van der Waals surface area contributed by atoms with Gasteiger partial charge in [0, 0.05) is 6.04 Å². The van der Waals surface area contributed by atoms with E-state index in [1.54, 1.807) is 0 Å². The second kappa shape index (κ2) is 2.90. The Morgan fingerprint density at radius 3 is 2.00 bits per heavy atom. The van der Waals surface area contributed by atoms with Gasteiger partial charge in [0.25, 0.3) is 0 Å². The molecule has 3 N–H and O–H groups in total. The summed E-state index contributed by atoms with van der Waals surface area (Å²) >= 11 is 0. The molecule has 3 heteroatoms. The van der Waals surface area contributed by atoms with Gasteiger partial charge in [0.15, 0.2) is 0 Å². The van der Waals surface area contributed by atoms with E-state index >= 15 is 0 Å². The number of urea groups is 1. The molecular formula is C7H16N2O. The third-order valence-corrected chi connectivity index (χ3v) is 1.66. The van der Waals surface area contributed by atoms with Gasteiger partial charge < -0.3 is 11.1 Å². The van der Waals surface area contributed by atoms with Gasteiger partial charge in [-0.2, -0.15) is 0 Å². The fourth-order valence-corrected chi connectivity index (χ4v) is 0.430. The summed E-state index contributed by atoms with van der Waals surface area (Å²) in [6, 6.07) is -0.340. The van der Waals surface area contributed by atoms with Crippen molar-refractivity contribution in [2.75, 3.05) is 0 Å². The van der Waals surface area contributed by atoms with Gasteiger partial charge in [-0.25, -0.2) is 4.79 Å². The van der Waals surface area contributed by atoms with Crippen molar-refractivity contribution < 1.29 is 4.79 Å². The number of hydrogen-bond acceptors (Lipinski definition) is 1. The topological polar surface area (TPSA) is 55.1 Å². The monoisotopic (exact) mass is 144 g/mol. The molecule has 60 valence electrons. The fraction of sp³-hybridized carbons (Fsp3) is 0.857. The van der Waals surface area contributed by atoms with Crippen molar-refractivity contribution in [3.63, 3.8) is 0 Å². The Bertz CT molecular complexity index is 126. The lowest BCUT2D eigenvalue weighted by molar-refractivity contribution is 0.230. The predicted molar refractivity (Wildman–Crippen MR) is 41.6 cm³/mol. The maximum Gasteiger partial charge on any atom is 0.312 e. The summed E-state index contributed by atoms with van der Waals surface area (Å²) in [7, 11) is 0. The average Bonchev–Trinajstić information content (AvgIpc) is 1.60. The van der Waals surface area contributed by atoms with Crippen molar-refractivity contribution in [3.8, 4) is 0 Å². The van der Waals surface area contributed by atoms with Crippen LogP contribution in [-0.2, 0) is 0 Å². The average molecular weight is 144 g/mol. The van der Waals surface area contributed by atoms with Gasteiger partial charge in [-0.3, -0.25) is 0 Å². The van der Waals surface area contributed by atoms with Gasteiger partial charge in [-0.15, -0.1) is 0 Å². The standard InChI is InChI=1S/C7H16N2O/c1-5(7(2,3)4)9-6(8)10/h5H,1-4H3,(H3,8,9,10). The molecule has 0 aromatic heterocycles. The first-order valence-electron chi connectivity index (χ1n) is 3.40. The Morgan fingerprint density at radius 2 is 1.90 bits per heavy atom. The van der Waals surface area contributed by atoms with Crippen molar-refractivity contribution in [2.45, 2.75) is 33.7 Å². The highest BCUT2D eigenvalue weighted by atomic mass is 16.2. The molecule has 0 radical (unpaired) electrons. The molecule has 0 aliphatic heterocycles. The van der Waals surface area contributed by atoms with E-state index in [0.29, 0.717) is 0 Å². The quantitative estimate of drug-likeness (QED) is 0.568. The minimum atomic E-state index is -0.456. The molecule has 0 aromatic carbocycles. The Kier molecular flexibility index (Phi) is 2.69. The molecule has 0 saturated heterocycles. The van der Waals surface area contributed by atoms with E-state index in [0.717, 1.165) is 0 Å².